The Morgan fingerprint density at radius 3 is 2.59 bits per heavy atom. The Morgan fingerprint density at radius 1 is 1.29 bits per heavy atom. The van der Waals surface area contributed by atoms with E-state index in [-0.39, 0.29) is 11.9 Å². The van der Waals surface area contributed by atoms with Crippen molar-refractivity contribution in [2.75, 3.05) is 7.05 Å². The van der Waals surface area contributed by atoms with Gasteiger partial charge in [-0.15, -0.1) is 11.3 Å². The first-order valence-corrected chi connectivity index (χ1v) is 6.97. The first kappa shape index (κ1) is 12.7. The van der Waals surface area contributed by atoms with Gasteiger partial charge >= 0.3 is 0 Å². The van der Waals surface area contributed by atoms with Crippen LogP contribution in [0.25, 0.3) is 0 Å². The Morgan fingerprint density at radius 2 is 2.06 bits per heavy atom. The normalized spacial score (nSPS) is 12.7. The van der Waals surface area contributed by atoms with Crippen molar-refractivity contribution in [1.29, 1.82) is 0 Å². The van der Waals surface area contributed by atoms with E-state index in [9.17, 15) is 4.39 Å². The summed E-state index contributed by atoms with van der Waals surface area (Å²) in [7, 11) is 1.91. The standard InChI is InChI=1S/C13H13BrFNS/c1-8-10(5-6-17-8)13(16-2)11-4-3-9(15)7-12(11)14/h3-7,13,16H,1-2H3. The fourth-order valence-electron chi connectivity index (χ4n) is 1.91. The van der Waals surface area contributed by atoms with Crippen molar-refractivity contribution in [1.82, 2.24) is 5.32 Å². The SMILES string of the molecule is CNC(c1ccc(F)cc1Br)c1ccsc1C. The summed E-state index contributed by atoms with van der Waals surface area (Å²) in [5, 5.41) is 5.35. The third kappa shape index (κ3) is 2.59. The predicted octanol–water partition coefficient (Wildman–Crippen LogP) is 4.27. The van der Waals surface area contributed by atoms with Crippen LogP contribution >= 0.6 is 27.3 Å². The second-order valence-corrected chi connectivity index (χ2v) is 5.79. The van der Waals surface area contributed by atoms with Gasteiger partial charge in [0.25, 0.3) is 0 Å². The van der Waals surface area contributed by atoms with Gasteiger partial charge in [-0.3, -0.25) is 0 Å². The Bertz CT molecular complexity index is 524. The van der Waals surface area contributed by atoms with Crippen LogP contribution in [0.4, 0.5) is 4.39 Å². The van der Waals surface area contributed by atoms with Gasteiger partial charge in [0.05, 0.1) is 6.04 Å². The van der Waals surface area contributed by atoms with Crippen LogP contribution in [0.5, 0.6) is 0 Å². The Labute approximate surface area is 113 Å². The average Bonchev–Trinajstić information content (AvgIpc) is 2.69. The van der Waals surface area contributed by atoms with Crippen molar-refractivity contribution in [3.05, 3.63) is 55.9 Å². The minimum Gasteiger partial charge on any atom is -0.309 e. The molecule has 1 atom stereocenters. The smallest absolute Gasteiger partial charge is 0.124 e. The highest BCUT2D eigenvalue weighted by molar-refractivity contribution is 9.10. The monoisotopic (exact) mass is 313 g/mol. The molecule has 17 heavy (non-hydrogen) atoms. The number of benzene rings is 1. The molecule has 90 valence electrons. The van der Waals surface area contributed by atoms with Crippen molar-refractivity contribution < 1.29 is 4.39 Å². The first-order chi connectivity index (χ1) is 8.13. The molecule has 1 unspecified atom stereocenters. The number of thiophene rings is 1. The average molecular weight is 314 g/mol. The van der Waals surface area contributed by atoms with Crippen LogP contribution in [0.15, 0.2) is 34.1 Å². The summed E-state index contributed by atoms with van der Waals surface area (Å²) < 4.78 is 13.9. The van der Waals surface area contributed by atoms with Gasteiger partial charge in [0.15, 0.2) is 0 Å². The van der Waals surface area contributed by atoms with Crippen LogP contribution in [-0.2, 0) is 0 Å². The molecular formula is C13H13BrFNS. The lowest BCUT2D eigenvalue weighted by Crippen LogP contribution is -2.18. The Kier molecular flexibility index (Phi) is 3.97. The highest BCUT2D eigenvalue weighted by Gasteiger charge is 2.17. The minimum atomic E-state index is -0.225. The molecule has 2 aromatic rings. The van der Waals surface area contributed by atoms with Crippen LogP contribution < -0.4 is 5.32 Å². The maximum absolute atomic E-state index is 13.1. The summed E-state index contributed by atoms with van der Waals surface area (Å²) in [6.45, 7) is 2.10. The van der Waals surface area contributed by atoms with Crippen LogP contribution in [0.2, 0.25) is 0 Å². The van der Waals surface area contributed by atoms with E-state index in [0.29, 0.717) is 0 Å². The highest BCUT2D eigenvalue weighted by atomic mass is 79.9. The van der Waals surface area contributed by atoms with E-state index in [1.807, 2.05) is 13.1 Å². The van der Waals surface area contributed by atoms with Crippen LogP contribution in [-0.4, -0.2) is 7.05 Å². The second-order valence-electron chi connectivity index (χ2n) is 3.82. The lowest BCUT2D eigenvalue weighted by Gasteiger charge is -2.18. The van der Waals surface area contributed by atoms with Crippen molar-refractivity contribution in [2.24, 2.45) is 0 Å². The van der Waals surface area contributed by atoms with E-state index in [4.69, 9.17) is 0 Å². The van der Waals surface area contributed by atoms with Crippen molar-refractivity contribution in [2.45, 2.75) is 13.0 Å². The highest BCUT2D eigenvalue weighted by Crippen LogP contribution is 2.32. The molecule has 1 aromatic carbocycles. The number of rotatable bonds is 3. The Balaban J connectivity index is 2.46. The van der Waals surface area contributed by atoms with E-state index < -0.39 is 0 Å². The molecule has 1 nitrogen and oxygen atoms in total. The van der Waals surface area contributed by atoms with E-state index in [1.54, 1.807) is 11.3 Å². The summed E-state index contributed by atoms with van der Waals surface area (Å²) in [6, 6.07) is 7.01. The predicted molar refractivity (Wildman–Crippen MR) is 74.1 cm³/mol. The number of aryl methyl sites for hydroxylation is 1. The molecule has 1 heterocycles. The zero-order valence-corrected chi connectivity index (χ0v) is 12.0. The molecule has 0 amide bonds. The number of hydrogen-bond donors (Lipinski definition) is 1. The van der Waals surface area contributed by atoms with Gasteiger partial charge in [0, 0.05) is 9.35 Å². The summed E-state index contributed by atoms with van der Waals surface area (Å²) in [4.78, 5) is 1.28. The topological polar surface area (TPSA) is 12.0 Å². The van der Waals surface area contributed by atoms with Gasteiger partial charge in [0.1, 0.15) is 5.82 Å². The van der Waals surface area contributed by atoms with Gasteiger partial charge < -0.3 is 5.32 Å². The molecule has 0 radical (unpaired) electrons. The molecule has 0 fully saturated rings. The van der Waals surface area contributed by atoms with Gasteiger partial charge in [-0.05, 0) is 48.7 Å². The zero-order valence-electron chi connectivity index (χ0n) is 9.63. The van der Waals surface area contributed by atoms with E-state index >= 15 is 0 Å². The van der Waals surface area contributed by atoms with Crippen LogP contribution in [0.3, 0.4) is 0 Å². The van der Waals surface area contributed by atoms with E-state index in [1.165, 1.54) is 22.6 Å². The number of nitrogens with one attached hydrogen (secondary N) is 1. The summed E-state index contributed by atoms with van der Waals surface area (Å²) >= 11 is 5.14. The molecule has 2 rings (SSSR count). The molecule has 0 aliphatic carbocycles. The number of halogens is 2. The molecule has 0 saturated carbocycles. The third-order valence-corrected chi connectivity index (χ3v) is 4.32. The van der Waals surface area contributed by atoms with Crippen molar-refractivity contribution in [3.63, 3.8) is 0 Å². The van der Waals surface area contributed by atoms with E-state index in [0.717, 1.165) is 10.0 Å². The van der Waals surface area contributed by atoms with Crippen molar-refractivity contribution >= 4 is 27.3 Å². The molecule has 1 aromatic heterocycles. The minimum absolute atomic E-state index is 0.0937. The van der Waals surface area contributed by atoms with Gasteiger partial charge in [-0.2, -0.15) is 0 Å². The van der Waals surface area contributed by atoms with Gasteiger partial charge in [0.2, 0.25) is 0 Å². The second kappa shape index (κ2) is 5.29. The number of hydrogen-bond acceptors (Lipinski definition) is 2. The molecule has 0 aliphatic rings. The lowest BCUT2D eigenvalue weighted by atomic mass is 10.00. The quantitative estimate of drug-likeness (QED) is 0.892. The largest absolute Gasteiger partial charge is 0.309 e. The molecule has 0 saturated heterocycles. The van der Waals surface area contributed by atoms with Crippen LogP contribution in [0, 0.1) is 12.7 Å². The van der Waals surface area contributed by atoms with Crippen LogP contribution in [0.1, 0.15) is 22.0 Å². The zero-order chi connectivity index (χ0) is 12.4. The molecule has 1 N–H and O–H groups in total. The molecule has 0 bridgehead atoms. The molecule has 4 heteroatoms. The van der Waals surface area contributed by atoms with E-state index in [2.05, 4.69) is 39.6 Å². The van der Waals surface area contributed by atoms with Gasteiger partial charge in [-0.1, -0.05) is 22.0 Å². The molecular weight excluding hydrogens is 301 g/mol. The summed E-state index contributed by atoms with van der Waals surface area (Å²) in [5.41, 5.74) is 2.29. The lowest BCUT2D eigenvalue weighted by molar-refractivity contribution is 0.621. The first-order valence-electron chi connectivity index (χ1n) is 5.29. The molecule has 0 spiro atoms. The van der Waals surface area contributed by atoms with Gasteiger partial charge in [-0.25, -0.2) is 4.39 Å². The molecule has 0 aliphatic heterocycles. The Hall–Kier alpha value is -0.710. The maximum Gasteiger partial charge on any atom is 0.124 e. The van der Waals surface area contributed by atoms with Crippen molar-refractivity contribution in [3.8, 4) is 0 Å². The summed E-state index contributed by atoms with van der Waals surface area (Å²) in [5.74, 6) is -0.225. The fourth-order valence-corrected chi connectivity index (χ4v) is 3.23. The fraction of sp³-hybridized carbons (Fsp3) is 0.231. The maximum atomic E-state index is 13.1. The summed E-state index contributed by atoms with van der Waals surface area (Å²) in [6.07, 6.45) is 0. The third-order valence-electron chi connectivity index (χ3n) is 2.77.